The van der Waals surface area contributed by atoms with Gasteiger partial charge in [-0.05, 0) is 40.2 Å². The maximum Gasteiger partial charge on any atom is 0.0170 e. The highest BCUT2D eigenvalue weighted by Gasteiger charge is 2.07. The van der Waals surface area contributed by atoms with Crippen LogP contribution in [0.4, 0.5) is 0 Å². The molecule has 0 saturated carbocycles. The Bertz CT molecular complexity index is 369. The van der Waals surface area contributed by atoms with E-state index in [9.17, 15) is 0 Å². The fourth-order valence-corrected chi connectivity index (χ4v) is 1.50. The van der Waals surface area contributed by atoms with Gasteiger partial charge in [0.25, 0.3) is 0 Å². The molecule has 0 saturated heterocycles. The van der Waals surface area contributed by atoms with E-state index in [1.54, 1.807) is 0 Å². The second-order valence-corrected chi connectivity index (χ2v) is 5.51. The second kappa shape index (κ2) is 5.31. The number of aryl methyl sites for hydroxylation is 1. The van der Waals surface area contributed by atoms with E-state index in [-0.39, 0.29) is 5.54 Å². The first kappa shape index (κ1) is 13.0. The zero-order valence-electron chi connectivity index (χ0n) is 11.1. The maximum atomic E-state index is 3.49. The molecule has 1 nitrogen and oxygen atoms in total. The Morgan fingerprint density at radius 1 is 1.31 bits per heavy atom. The smallest absolute Gasteiger partial charge is 0.0170 e. The van der Waals surface area contributed by atoms with Gasteiger partial charge in [0.2, 0.25) is 0 Å². The monoisotopic (exact) mass is 217 g/mol. The van der Waals surface area contributed by atoms with Crippen LogP contribution in [0.15, 0.2) is 29.8 Å². The van der Waals surface area contributed by atoms with Gasteiger partial charge in [0.1, 0.15) is 0 Å². The van der Waals surface area contributed by atoms with Gasteiger partial charge in [0.05, 0.1) is 0 Å². The highest BCUT2D eigenvalue weighted by molar-refractivity contribution is 5.53. The largest absolute Gasteiger partial charge is 0.308 e. The van der Waals surface area contributed by atoms with Gasteiger partial charge in [-0.2, -0.15) is 0 Å². The molecule has 0 unspecified atom stereocenters. The molecule has 88 valence electrons. The summed E-state index contributed by atoms with van der Waals surface area (Å²) in [6.07, 6.45) is 2.24. The minimum Gasteiger partial charge on any atom is -0.308 e. The average Bonchev–Trinajstić information content (AvgIpc) is 2.14. The van der Waals surface area contributed by atoms with Crippen LogP contribution in [0.1, 0.15) is 38.8 Å². The summed E-state index contributed by atoms with van der Waals surface area (Å²) >= 11 is 0. The molecule has 0 atom stereocenters. The van der Waals surface area contributed by atoms with Crippen LogP contribution < -0.4 is 5.32 Å². The van der Waals surface area contributed by atoms with Crippen molar-refractivity contribution >= 4 is 6.08 Å². The average molecular weight is 217 g/mol. The summed E-state index contributed by atoms with van der Waals surface area (Å²) in [5.74, 6) is 0. The minimum atomic E-state index is 0.182. The van der Waals surface area contributed by atoms with Gasteiger partial charge < -0.3 is 5.32 Å². The molecule has 0 heterocycles. The summed E-state index contributed by atoms with van der Waals surface area (Å²) in [4.78, 5) is 0. The van der Waals surface area contributed by atoms with E-state index in [1.807, 2.05) is 0 Å². The summed E-state index contributed by atoms with van der Waals surface area (Å²) in [7, 11) is 0. The van der Waals surface area contributed by atoms with E-state index in [1.165, 1.54) is 16.7 Å². The van der Waals surface area contributed by atoms with Crippen LogP contribution in [-0.4, -0.2) is 12.1 Å². The van der Waals surface area contributed by atoms with Crippen molar-refractivity contribution in [2.24, 2.45) is 0 Å². The Hall–Kier alpha value is -1.08. The van der Waals surface area contributed by atoms with Crippen molar-refractivity contribution in [3.63, 3.8) is 0 Å². The predicted molar refractivity (Wildman–Crippen MR) is 72.6 cm³/mol. The highest BCUT2D eigenvalue weighted by Crippen LogP contribution is 2.09. The molecule has 0 aliphatic rings. The highest BCUT2D eigenvalue weighted by atomic mass is 14.9. The summed E-state index contributed by atoms with van der Waals surface area (Å²) in [5, 5.41) is 3.49. The van der Waals surface area contributed by atoms with Crippen LogP contribution in [0, 0.1) is 6.92 Å². The molecule has 0 amide bonds. The lowest BCUT2D eigenvalue weighted by Gasteiger charge is -2.20. The molecule has 0 aromatic heterocycles. The van der Waals surface area contributed by atoms with Crippen molar-refractivity contribution in [2.45, 2.75) is 40.2 Å². The van der Waals surface area contributed by atoms with E-state index < -0.39 is 0 Å². The number of benzene rings is 1. The SMILES string of the molecule is CC(=Cc1cccc(C)c1)CNC(C)(C)C. The molecule has 0 radical (unpaired) electrons. The van der Waals surface area contributed by atoms with Gasteiger partial charge in [-0.15, -0.1) is 0 Å². The number of rotatable bonds is 3. The van der Waals surface area contributed by atoms with Crippen LogP contribution in [-0.2, 0) is 0 Å². The number of nitrogens with one attached hydrogen (secondary N) is 1. The number of hydrogen-bond acceptors (Lipinski definition) is 1. The first-order chi connectivity index (χ1) is 7.37. The van der Waals surface area contributed by atoms with Crippen LogP contribution in [0.5, 0.6) is 0 Å². The molecule has 0 aliphatic heterocycles. The van der Waals surface area contributed by atoms with Gasteiger partial charge in [0, 0.05) is 12.1 Å². The van der Waals surface area contributed by atoms with Crippen LogP contribution in [0.3, 0.4) is 0 Å². The normalized spacial score (nSPS) is 12.9. The fraction of sp³-hybridized carbons (Fsp3) is 0.467. The second-order valence-electron chi connectivity index (χ2n) is 5.51. The third-order valence-corrected chi connectivity index (χ3v) is 2.35. The van der Waals surface area contributed by atoms with Crippen molar-refractivity contribution in [1.82, 2.24) is 5.32 Å². The van der Waals surface area contributed by atoms with Crippen molar-refractivity contribution in [2.75, 3.05) is 6.54 Å². The first-order valence-electron chi connectivity index (χ1n) is 5.86. The lowest BCUT2D eigenvalue weighted by molar-refractivity contribution is 0.445. The Balaban J connectivity index is 2.63. The van der Waals surface area contributed by atoms with Crippen LogP contribution in [0.25, 0.3) is 6.08 Å². The summed E-state index contributed by atoms with van der Waals surface area (Å²) in [6.45, 7) is 11.8. The van der Waals surface area contributed by atoms with Gasteiger partial charge in [-0.1, -0.05) is 41.5 Å². The van der Waals surface area contributed by atoms with Crippen molar-refractivity contribution in [1.29, 1.82) is 0 Å². The molecule has 16 heavy (non-hydrogen) atoms. The van der Waals surface area contributed by atoms with Crippen LogP contribution in [0.2, 0.25) is 0 Å². The molecular weight excluding hydrogens is 194 g/mol. The molecule has 0 fully saturated rings. The maximum absolute atomic E-state index is 3.49. The Kier molecular flexibility index (Phi) is 4.31. The Morgan fingerprint density at radius 3 is 2.56 bits per heavy atom. The molecule has 1 aromatic carbocycles. The van der Waals surface area contributed by atoms with Gasteiger partial charge in [-0.3, -0.25) is 0 Å². The predicted octanol–water partition coefficient (Wildman–Crippen LogP) is 3.79. The molecule has 0 aliphatic carbocycles. The summed E-state index contributed by atoms with van der Waals surface area (Å²) in [5.41, 5.74) is 4.14. The van der Waals surface area contributed by atoms with Crippen molar-refractivity contribution in [3.05, 3.63) is 41.0 Å². The zero-order valence-corrected chi connectivity index (χ0v) is 11.1. The molecule has 0 bridgehead atoms. The van der Waals surface area contributed by atoms with Crippen molar-refractivity contribution in [3.8, 4) is 0 Å². The van der Waals surface area contributed by atoms with Gasteiger partial charge in [0.15, 0.2) is 0 Å². The number of hydrogen-bond donors (Lipinski definition) is 1. The van der Waals surface area contributed by atoms with E-state index >= 15 is 0 Å². The van der Waals surface area contributed by atoms with Gasteiger partial charge in [-0.25, -0.2) is 0 Å². The molecule has 1 rings (SSSR count). The van der Waals surface area contributed by atoms with E-state index in [0.717, 1.165) is 6.54 Å². The quantitative estimate of drug-likeness (QED) is 0.812. The zero-order chi connectivity index (χ0) is 12.2. The Labute approximate surface area is 99.6 Å². The fourth-order valence-electron chi connectivity index (χ4n) is 1.50. The lowest BCUT2D eigenvalue weighted by Crippen LogP contribution is -2.36. The summed E-state index contributed by atoms with van der Waals surface area (Å²) < 4.78 is 0. The molecule has 1 N–H and O–H groups in total. The van der Waals surface area contributed by atoms with E-state index in [0.29, 0.717) is 0 Å². The molecule has 0 spiro atoms. The molecule has 1 aromatic rings. The lowest BCUT2D eigenvalue weighted by atomic mass is 10.1. The molecular formula is C15H23N. The summed E-state index contributed by atoms with van der Waals surface area (Å²) in [6, 6.07) is 8.58. The molecule has 1 heteroatoms. The van der Waals surface area contributed by atoms with E-state index in [4.69, 9.17) is 0 Å². The van der Waals surface area contributed by atoms with Crippen molar-refractivity contribution < 1.29 is 0 Å². The third kappa shape index (κ3) is 5.13. The minimum absolute atomic E-state index is 0.182. The standard InChI is InChI=1S/C15H23N/c1-12-7-6-8-14(9-12)10-13(2)11-16-15(3,4)5/h6-10,16H,11H2,1-5H3. The Morgan fingerprint density at radius 2 is 2.00 bits per heavy atom. The van der Waals surface area contributed by atoms with Crippen LogP contribution >= 0.6 is 0 Å². The first-order valence-corrected chi connectivity index (χ1v) is 5.86. The van der Waals surface area contributed by atoms with Gasteiger partial charge >= 0.3 is 0 Å². The topological polar surface area (TPSA) is 12.0 Å². The third-order valence-electron chi connectivity index (χ3n) is 2.35. The van der Waals surface area contributed by atoms with E-state index in [2.05, 4.69) is 70.3 Å².